The molecule has 3 rings (SSSR count). The number of alkyl halides is 3. The van der Waals surface area contributed by atoms with Gasteiger partial charge in [0.1, 0.15) is 11.1 Å². The molecule has 0 aliphatic carbocycles. The molecule has 0 bridgehead atoms. The summed E-state index contributed by atoms with van der Waals surface area (Å²) in [6, 6.07) is 0.753. The molecule has 29 heavy (non-hydrogen) atoms. The van der Waals surface area contributed by atoms with E-state index in [0.29, 0.717) is 25.1 Å². The van der Waals surface area contributed by atoms with Crippen molar-refractivity contribution in [3.05, 3.63) is 17.8 Å². The van der Waals surface area contributed by atoms with Crippen molar-refractivity contribution in [1.82, 2.24) is 19.9 Å². The van der Waals surface area contributed by atoms with Gasteiger partial charge in [-0.15, -0.1) is 0 Å². The third-order valence-corrected chi connectivity index (χ3v) is 4.36. The van der Waals surface area contributed by atoms with Crippen LogP contribution in [-0.2, 0) is 10.9 Å². The summed E-state index contributed by atoms with van der Waals surface area (Å²) in [6.45, 7) is 6.23. The maximum atomic E-state index is 12.9. The van der Waals surface area contributed by atoms with Crippen molar-refractivity contribution in [2.24, 2.45) is 5.84 Å². The number of rotatable bonds is 3. The topological polar surface area (TPSA) is 110 Å². The van der Waals surface area contributed by atoms with Crippen LogP contribution in [0.2, 0.25) is 0 Å². The summed E-state index contributed by atoms with van der Waals surface area (Å²) in [4.78, 5) is 27.7. The molecule has 0 spiro atoms. The molecular formula is C17H22F3N7O2. The number of ether oxygens (including phenoxy) is 1. The van der Waals surface area contributed by atoms with Gasteiger partial charge in [-0.3, -0.25) is 0 Å². The molecule has 12 heteroatoms. The minimum Gasteiger partial charge on any atom is -0.444 e. The van der Waals surface area contributed by atoms with E-state index < -0.39 is 23.4 Å². The fraction of sp³-hybridized carbons (Fsp3) is 0.529. The Morgan fingerprint density at radius 2 is 1.97 bits per heavy atom. The summed E-state index contributed by atoms with van der Waals surface area (Å²) in [5.41, 5.74) is 0.881. The van der Waals surface area contributed by atoms with Gasteiger partial charge in [0.15, 0.2) is 17.3 Å². The summed E-state index contributed by atoms with van der Waals surface area (Å²) in [5.74, 6) is 5.96. The number of anilines is 2. The second-order valence-electron chi connectivity index (χ2n) is 7.75. The van der Waals surface area contributed by atoms with Gasteiger partial charge in [0.25, 0.3) is 0 Å². The minimum atomic E-state index is -4.53. The van der Waals surface area contributed by atoms with Crippen LogP contribution in [0.15, 0.2) is 12.3 Å². The Hall–Kier alpha value is -2.89. The number of nitrogens with two attached hydrogens (primary N) is 1. The van der Waals surface area contributed by atoms with Crippen LogP contribution in [0.3, 0.4) is 0 Å². The fourth-order valence-electron chi connectivity index (χ4n) is 2.77. The van der Waals surface area contributed by atoms with Crippen molar-refractivity contribution in [3.8, 4) is 0 Å². The van der Waals surface area contributed by atoms with Crippen molar-refractivity contribution >= 4 is 28.9 Å². The number of hydrogen-bond acceptors (Lipinski definition) is 8. The molecule has 1 amide bonds. The van der Waals surface area contributed by atoms with Crippen molar-refractivity contribution in [2.45, 2.75) is 38.6 Å². The van der Waals surface area contributed by atoms with Gasteiger partial charge in [0, 0.05) is 26.3 Å². The standard InChI is InChI=1S/C17H22F3N7O2/c1-16(2,3)29-15(28)26(4)10-7-27(8-10)14-13(25-21)23-11-5-9(17(18,19)20)6-22-12(11)24-14/h5-6,10H,7-8,21H2,1-4H3,(H,23,25). The van der Waals surface area contributed by atoms with Crippen LogP contribution < -0.4 is 16.2 Å². The first kappa shape index (κ1) is 20.8. The predicted molar refractivity (Wildman–Crippen MR) is 100 cm³/mol. The normalized spacial score (nSPS) is 15.2. The number of hydrogen-bond donors (Lipinski definition) is 2. The molecule has 2 aromatic heterocycles. The Bertz CT molecular complexity index is 924. The second-order valence-corrected chi connectivity index (χ2v) is 7.75. The van der Waals surface area contributed by atoms with E-state index in [2.05, 4.69) is 20.4 Å². The molecular weight excluding hydrogens is 391 g/mol. The highest BCUT2D eigenvalue weighted by molar-refractivity contribution is 5.78. The predicted octanol–water partition coefficient (Wildman–Crippen LogP) is 2.38. The number of carbonyl (C=O) groups is 1. The summed E-state index contributed by atoms with van der Waals surface area (Å²) in [5, 5.41) is 0. The lowest BCUT2D eigenvalue weighted by molar-refractivity contribution is -0.137. The number of nitrogens with zero attached hydrogens (tertiary/aromatic N) is 5. The average molecular weight is 413 g/mol. The van der Waals surface area contributed by atoms with E-state index in [-0.39, 0.29) is 23.0 Å². The maximum absolute atomic E-state index is 12.9. The third-order valence-electron chi connectivity index (χ3n) is 4.36. The van der Waals surface area contributed by atoms with Crippen LogP contribution in [0.5, 0.6) is 0 Å². The Balaban J connectivity index is 1.78. The minimum absolute atomic E-state index is 0.0283. The van der Waals surface area contributed by atoms with Gasteiger partial charge in [-0.2, -0.15) is 13.2 Å². The Morgan fingerprint density at radius 1 is 1.31 bits per heavy atom. The van der Waals surface area contributed by atoms with Crippen molar-refractivity contribution in [3.63, 3.8) is 0 Å². The largest absolute Gasteiger partial charge is 0.444 e. The first-order valence-electron chi connectivity index (χ1n) is 8.81. The van der Waals surface area contributed by atoms with Gasteiger partial charge in [-0.1, -0.05) is 0 Å². The molecule has 0 saturated carbocycles. The van der Waals surface area contributed by atoms with Gasteiger partial charge in [0.2, 0.25) is 0 Å². The van der Waals surface area contributed by atoms with E-state index in [1.54, 1.807) is 32.7 Å². The number of nitrogens with one attached hydrogen (secondary N) is 1. The number of halogens is 3. The van der Waals surface area contributed by atoms with Crippen LogP contribution >= 0.6 is 0 Å². The number of likely N-dealkylation sites (N-methyl/N-ethyl adjacent to an activating group) is 1. The Labute approximate surface area is 165 Å². The molecule has 0 aromatic carbocycles. The van der Waals surface area contributed by atoms with Gasteiger partial charge in [-0.05, 0) is 26.8 Å². The fourth-order valence-corrected chi connectivity index (χ4v) is 2.77. The lowest BCUT2D eigenvalue weighted by Gasteiger charge is -2.44. The van der Waals surface area contributed by atoms with Crippen molar-refractivity contribution in [2.75, 3.05) is 30.5 Å². The molecule has 1 aliphatic heterocycles. The number of carbonyl (C=O) groups excluding carboxylic acids is 1. The molecule has 1 saturated heterocycles. The highest BCUT2D eigenvalue weighted by Crippen LogP contribution is 2.32. The van der Waals surface area contributed by atoms with E-state index in [0.717, 1.165) is 6.07 Å². The van der Waals surface area contributed by atoms with Crippen LogP contribution in [-0.4, -0.2) is 57.7 Å². The van der Waals surface area contributed by atoms with Gasteiger partial charge in [-0.25, -0.2) is 25.6 Å². The molecule has 1 fully saturated rings. The monoisotopic (exact) mass is 413 g/mol. The highest BCUT2D eigenvalue weighted by Gasteiger charge is 2.37. The molecule has 0 unspecified atom stereocenters. The summed E-state index contributed by atoms with van der Waals surface area (Å²) < 4.78 is 44.0. The van der Waals surface area contributed by atoms with Gasteiger partial charge >= 0.3 is 12.3 Å². The zero-order valence-corrected chi connectivity index (χ0v) is 16.4. The molecule has 3 heterocycles. The number of amides is 1. The molecule has 158 valence electrons. The number of hydrazine groups is 1. The van der Waals surface area contributed by atoms with Crippen LogP contribution in [0.25, 0.3) is 11.2 Å². The Morgan fingerprint density at radius 3 is 2.52 bits per heavy atom. The van der Waals surface area contributed by atoms with Gasteiger partial charge < -0.3 is 20.0 Å². The van der Waals surface area contributed by atoms with E-state index >= 15 is 0 Å². The van der Waals surface area contributed by atoms with E-state index in [1.165, 1.54) is 4.90 Å². The zero-order valence-electron chi connectivity index (χ0n) is 16.4. The molecule has 1 aliphatic rings. The van der Waals surface area contributed by atoms with E-state index in [4.69, 9.17) is 10.6 Å². The number of aromatic nitrogens is 3. The van der Waals surface area contributed by atoms with Crippen LogP contribution in [0.4, 0.5) is 29.6 Å². The number of fused-ring (bicyclic) bond motifs is 1. The SMILES string of the molecule is CN(C(=O)OC(C)(C)C)C1CN(c2nc3ncc(C(F)(F)F)cc3nc2NN)C1. The van der Waals surface area contributed by atoms with E-state index in [1.807, 2.05) is 0 Å². The molecule has 0 atom stereocenters. The lowest BCUT2D eigenvalue weighted by atomic mass is 10.1. The molecule has 0 radical (unpaired) electrons. The first-order valence-corrected chi connectivity index (χ1v) is 8.81. The lowest BCUT2D eigenvalue weighted by Crippen LogP contribution is -2.60. The average Bonchev–Trinajstić information content (AvgIpc) is 2.56. The smallest absolute Gasteiger partial charge is 0.417 e. The number of nitrogen functional groups attached to an aromatic ring is 1. The van der Waals surface area contributed by atoms with Crippen LogP contribution in [0.1, 0.15) is 26.3 Å². The molecule has 2 aromatic rings. The first-order chi connectivity index (χ1) is 13.4. The van der Waals surface area contributed by atoms with Crippen LogP contribution in [0, 0.1) is 0 Å². The van der Waals surface area contributed by atoms with Crippen molar-refractivity contribution in [1.29, 1.82) is 0 Å². The summed E-state index contributed by atoms with van der Waals surface area (Å²) >= 11 is 0. The quantitative estimate of drug-likeness (QED) is 0.583. The summed E-state index contributed by atoms with van der Waals surface area (Å²) in [7, 11) is 1.64. The molecule has 3 N–H and O–H groups in total. The Kier molecular flexibility index (Phi) is 5.15. The maximum Gasteiger partial charge on any atom is 0.417 e. The highest BCUT2D eigenvalue weighted by atomic mass is 19.4. The zero-order chi connectivity index (χ0) is 21.6. The number of pyridine rings is 1. The van der Waals surface area contributed by atoms with E-state index in [9.17, 15) is 18.0 Å². The third kappa shape index (κ3) is 4.42. The van der Waals surface area contributed by atoms with Crippen molar-refractivity contribution < 1.29 is 22.7 Å². The molecule has 9 nitrogen and oxygen atoms in total. The second kappa shape index (κ2) is 7.17. The van der Waals surface area contributed by atoms with Gasteiger partial charge in [0.05, 0.1) is 11.6 Å². The summed E-state index contributed by atoms with van der Waals surface area (Å²) in [6.07, 6.45) is -4.26.